The van der Waals surface area contributed by atoms with Crippen LogP contribution in [0, 0.1) is 0 Å². The molecule has 0 amide bonds. The van der Waals surface area contributed by atoms with Gasteiger partial charge < -0.3 is 4.79 Å². The van der Waals surface area contributed by atoms with Gasteiger partial charge in [-0.1, -0.05) is 30.4 Å². The van der Waals surface area contributed by atoms with E-state index in [4.69, 9.17) is 0 Å². The molecule has 0 unspecified atom stereocenters. The van der Waals surface area contributed by atoms with Crippen LogP contribution in [0.2, 0.25) is 0 Å². The third-order valence-electron chi connectivity index (χ3n) is 2.21. The van der Waals surface area contributed by atoms with Gasteiger partial charge in [-0.2, -0.15) is 0 Å². The van der Waals surface area contributed by atoms with Crippen molar-refractivity contribution in [1.29, 1.82) is 0 Å². The highest BCUT2D eigenvalue weighted by molar-refractivity contribution is 5.87. The molecule has 1 heterocycles. The maximum absolute atomic E-state index is 10.2. The number of nitrogens with zero attached hydrogens (tertiary/aromatic N) is 1. The van der Waals surface area contributed by atoms with Crippen molar-refractivity contribution in [2.75, 3.05) is 0 Å². The van der Waals surface area contributed by atoms with E-state index in [0.717, 1.165) is 22.8 Å². The molecule has 74 valence electrons. The molecule has 2 aromatic rings. The molecular weight excluding hydrogens is 186 g/mol. The van der Waals surface area contributed by atoms with Gasteiger partial charge in [0.25, 0.3) is 0 Å². The molecule has 1 aromatic carbocycles. The minimum Gasteiger partial charge on any atom is -0.303 e. The molecule has 2 heteroatoms. The number of hydrogen-bond donors (Lipinski definition) is 0. The zero-order valence-electron chi connectivity index (χ0n) is 8.26. The van der Waals surface area contributed by atoms with Gasteiger partial charge in [0.05, 0.1) is 5.52 Å². The van der Waals surface area contributed by atoms with E-state index in [1.165, 1.54) is 0 Å². The Kier molecular flexibility index (Phi) is 2.88. The Labute approximate surface area is 88.3 Å². The van der Waals surface area contributed by atoms with Gasteiger partial charge in [-0.25, -0.2) is 0 Å². The van der Waals surface area contributed by atoms with Crippen LogP contribution in [-0.2, 0) is 4.79 Å². The molecule has 2 nitrogen and oxygen atoms in total. The van der Waals surface area contributed by atoms with E-state index in [1.54, 1.807) is 6.20 Å². The molecule has 1 aromatic heterocycles. The van der Waals surface area contributed by atoms with E-state index in [0.29, 0.717) is 6.42 Å². The molecule has 2 rings (SSSR count). The highest BCUT2D eigenvalue weighted by Gasteiger charge is 1.96. The van der Waals surface area contributed by atoms with E-state index in [-0.39, 0.29) is 0 Å². The van der Waals surface area contributed by atoms with Crippen molar-refractivity contribution in [1.82, 2.24) is 4.98 Å². The van der Waals surface area contributed by atoms with Crippen molar-refractivity contribution in [3.05, 3.63) is 48.2 Å². The monoisotopic (exact) mass is 197 g/mol. The zero-order valence-corrected chi connectivity index (χ0v) is 8.26. The van der Waals surface area contributed by atoms with Gasteiger partial charge in [0, 0.05) is 18.0 Å². The second-order valence-corrected chi connectivity index (χ2v) is 3.22. The van der Waals surface area contributed by atoms with Crippen LogP contribution in [0.3, 0.4) is 0 Å². The molecule has 0 saturated carbocycles. The summed E-state index contributed by atoms with van der Waals surface area (Å²) in [4.78, 5) is 14.5. The van der Waals surface area contributed by atoms with E-state index >= 15 is 0 Å². The van der Waals surface area contributed by atoms with E-state index in [1.807, 2.05) is 42.5 Å². The van der Waals surface area contributed by atoms with Gasteiger partial charge in [-0.3, -0.25) is 4.98 Å². The lowest BCUT2D eigenvalue weighted by molar-refractivity contribution is -0.107. The predicted molar refractivity (Wildman–Crippen MR) is 61.5 cm³/mol. The number of rotatable bonds is 3. The van der Waals surface area contributed by atoms with Crippen molar-refractivity contribution >= 4 is 23.3 Å². The molecule has 0 aliphatic carbocycles. The second-order valence-electron chi connectivity index (χ2n) is 3.22. The molecule has 0 N–H and O–H groups in total. The number of allylic oxidation sites excluding steroid dienone is 1. The molecule has 0 bridgehead atoms. The number of benzene rings is 1. The average molecular weight is 197 g/mol. The van der Waals surface area contributed by atoms with Crippen LogP contribution in [0.4, 0.5) is 0 Å². The van der Waals surface area contributed by atoms with Gasteiger partial charge in [0.1, 0.15) is 6.29 Å². The number of aromatic nitrogens is 1. The summed E-state index contributed by atoms with van der Waals surface area (Å²) in [6.07, 6.45) is 6.94. The van der Waals surface area contributed by atoms with Crippen molar-refractivity contribution < 1.29 is 4.79 Å². The third-order valence-corrected chi connectivity index (χ3v) is 2.21. The van der Waals surface area contributed by atoms with Gasteiger partial charge in [0.2, 0.25) is 0 Å². The molecule has 0 radical (unpaired) electrons. The molecular formula is C13H11NO. The van der Waals surface area contributed by atoms with Gasteiger partial charge in [-0.15, -0.1) is 0 Å². The summed E-state index contributed by atoms with van der Waals surface area (Å²) in [6, 6.07) is 9.91. The van der Waals surface area contributed by atoms with E-state index in [9.17, 15) is 4.79 Å². The lowest BCUT2D eigenvalue weighted by atomic mass is 10.1. The fourth-order valence-electron chi connectivity index (χ4n) is 1.51. The number of para-hydroxylation sites is 1. The van der Waals surface area contributed by atoms with Crippen molar-refractivity contribution in [2.24, 2.45) is 0 Å². The smallest absolute Gasteiger partial charge is 0.123 e. The summed E-state index contributed by atoms with van der Waals surface area (Å²) in [5.74, 6) is 0. The third kappa shape index (κ3) is 2.10. The zero-order chi connectivity index (χ0) is 10.5. The number of aldehydes is 1. The van der Waals surface area contributed by atoms with Crippen LogP contribution in [0.5, 0.6) is 0 Å². The van der Waals surface area contributed by atoms with Crippen LogP contribution in [0.1, 0.15) is 12.0 Å². The molecule has 0 fully saturated rings. The quantitative estimate of drug-likeness (QED) is 0.708. The van der Waals surface area contributed by atoms with Crippen LogP contribution in [0.15, 0.2) is 42.6 Å². The van der Waals surface area contributed by atoms with Crippen molar-refractivity contribution in [2.45, 2.75) is 6.42 Å². The Morgan fingerprint density at radius 3 is 2.93 bits per heavy atom. The van der Waals surface area contributed by atoms with E-state index < -0.39 is 0 Å². The number of pyridine rings is 1. The fourth-order valence-corrected chi connectivity index (χ4v) is 1.51. The first-order valence-corrected chi connectivity index (χ1v) is 4.86. The fraction of sp³-hybridized carbons (Fsp3) is 0.0769. The van der Waals surface area contributed by atoms with Gasteiger partial charge in [-0.05, 0) is 17.7 Å². The maximum atomic E-state index is 10.2. The molecule has 15 heavy (non-hydrogen) atoms. The standard InChI is InChI=1S/C13H11NO/c15-10-4-3-5-11-8-9-14-13-7-2-1-6-12(11)13/h1-3,5-10H,4H2. The topological polar surface area (TPSA) is 30.0 Å². The molecule has 0 aliphatic heterocycles. The predicted octanol–water partition coefficient (Wildman–Crippen LogP) is 2.84. The molecule has 0 atom stereocenters. The number of hydrogen-bond acceptors (Lipinski definition) is 2. The Hall–Kier alpha value is -1.96. The normalized spacial score (nSPS) is 10.9. The highest BCUT2D eigenvalue weighted by atomic mass is 16.1. The summed E-state index contributed by atoms with van der Waals surface area (Å²) in [5.41, 5.74) is 2.08. The number of fused-ring (bicyclic) bond motifs is 1. The summed E-state index contributed by atoms with van der Waals surface area (Å²) >= 11 is 0. The SMILES string of the molecule is O=CCC=Cc1ccnc2ccccc12. The summed E-state index contributed by atoms with van der Waals surface area (Å²) < 4.78 is 0. The largest absolute Gasteiger partial charge is 0.303 e. The Morgan fingerprint density at radius 1 is 1.20 bits per heavy atom. The summed E-state index contributed by atoms with van der Waals surface area (Å²) in [7, 11) is 0. The Morgan fingerprint density at radius 2 is 2.07 bits per heavy atom. The van der Waals surface area contributed by atoms with Crippen LogP contribution in [0.25, 0.3) is 17.0 Å². The lowest BCUT2D eigenvalue weighted by Gasteiger charge is -1.99. The summed E-state index contributed by atoms with van der Waals surface area (Å²) in [6.45, 7) is 0. The molecule has 0 saturated heterocycles. The van der Waals surface area contributed by atoms with Gasteiger partial charge >= 0.3 is 0 Å². The Balaban J connectivity index is 2.46. The van der Waals surface area contributed by atoms with Crippen molar-refractivity contribution in [3.8, 4) is 0 Å². The minimum absolute atomic E-state index is 0.455. The number of carbonyl (C=O) groups excluding carboxylic acids is 1. The second kappa shape index (κ2) is 4.51. The lowest BCUT2D eigenvalue weighted by Crippen LogP contribution is -1.81. The van der Waals surface area contributed by atoms with Crippen LogP contribution in [-0.4, -0.2) is 11.3 Å². The maximum Gasteiger partial charge on any atom is 0.123 e. The van der Waals surface area contributed by atoms with E-state index in [2.05, 4.69) is 4.98 Å². The van der Waals surface area contributed by atoms with Crippen molar-refractivity contribution in [3.63, 3.8) is 0 Å². The first-order valence-electron chi connectivity index (χ1n) is 4.86. The van der Waals surface area contributed by atoms with Crippen LogP contribution < -0.4 is 0 Å². The first kappa shape index (κ1) is 9.59. The van der Waals surface area contributed by atoms with Gasteiger partial charge in [0.15, 0.2) is 0 Å². The van der Waals surface area contributed by atoms with Crippen LogP contribution >= 0.6 is 0 Å². The highest BCUT2D eigenvalue weighted by Crippen LogP contribution is 2.17. The summed E-state index contributed by atoms with van der Waals surface area (Å²) in [5, 5.41) is 1.11. The first-order chi connectivity index (χ1) is 7.42. The molecule has 0 aliphatic rings. The average Bonchev–Trinajstić information content (AvgIpc) is 2.30. The Bertz CT molecular complexity index is 497. The minimum atomic E-state index is 0.455. The molecule has 0 spiro atoms. The number of carbonyl (C=O) groups is 1.